The predicted octanol–water partition coefficient (Wildman–Crippen LogP) is 6.78. The van der Waals surface area contributed by atoms with Crippen LogP contribution >= 0.6 is 0 Å². The highest BCUT2D eigenvalue weighted by atomic mass is 16.5. The second-order valence-corrected chi connectivity index (χ2v) is 9.82. The molecule has 2 aliphatic rings. The maximum atomic E-state index is 14.0. The molecule has 3 aromatic rings. The van der Waals surface area contributed by atoms with Gasteiger partial charge in [-0.05, 0) is 54.8 Å². The second-order valence-electron chi connectivity index (χ2n) is 9.82. The molecule has 0 saturated heterocycles. The Kier molecular flexibility index (Phi) is 7.54. The molecule has 2 atom stereocenters. The van der Waals surface area contributed by atoms with E-state index < -0.39 is 6.04 Å². The minimum absolute atomic E-state index is 0.000834. The topological polar surface area (TPSA) is 81.0 Å². The van der Waals surface area contributed by atoms with E-state index in [-0.39, 0.29) is 17.6 Å². The van der Waals surface area contributed by atoms with E-state index in [4.69, 9.17) is 13.9 Å². The zero-order valence-electron chi connectivity index (χ0n) is 22.2. The van der Waals surface area contributed by atoms with Crippen LogP contribution in [-0.2, 0) is 9.59 Å². The lowest BCUT2D eigenvalue weighted by Gasteiger charge is -2.35. The summed E-state index contributed by atoms with van der Waals surface area (Å²) in [4.78, 5) is 29.8. The van der Waals surface area contributed by atoms with Gasteiger partial charge in [-0.2, -0.15) is 0 Å². The smallest absolute Gasteiger partial charge is 0.227 e. The van der Waals surface area contributed by atoms with Crippen molar-refractivity contribution in [2.45, 2.75) is 57.4 Å². The average Bonchev–Trinajstić information content (AvgIpc) is 3.43. The van der Waals surface area contributed by atoms with Crippen LogP contribution in [0.2, 0.25) is 0 Å². The molecule has 2 aromatic carbocycles. The van der Waals surface area contributed by atoms with Gasteiger partial charge in [0, 0.05) is 30.0 Å². The van der Waals surface area contributed by atoms with Gasteiger partial charge in [0.1, 0.15) is 5.76 Å². The Morgan fingerprint density at radius 2 is 1.84 bits per heavy atom. The average molecular weight is 515 g/mol. The maximum Gasteiger partial charge on any atom is 0.227 e. The van der Waals surface area contributed by atoms with Gasteiger partial charge in [0.2, 0.25) is 5.91 Å². The summed E-state index contributed by atoms with van der Waals surface area (Å²) in [5.74, 6) is 1.84. The van der Waals surface area contributed by atoms with Crippen molar-refractivity contribution in [1.82, 2.24) is 0 Å². The van der Waals surface area contributed by atoms with Crippen LogP contribution in [0, 0.1) is 0 Å². The van der Waals surface area contributed by atoms with Crippen LogP contribution in [0.4, 0.5) is 11.4 Å². The van der Waals surface area contributed by atoms with Crippen molar-refractivity contribution in [3.05, 3.63) is 83.5 Å². The molecular formula is C31H34N2O5. The Hall–Kier alpha value is -4.00. The lowest BCUT2D eigenvalue weighted by atomic mass is 9.80. The highest BCUT2D eigenvalue weighted by Gasteiger charge is 2.42. The molecule has 198 valence electrons. The SMILES string of the molecule is CCCCCC(=O)N1c2ccccc2NC2=C(C(=O)C[C@@H](c3ccco3)C2)[C@@H]1c1ccc(OC)c(OC)c1. The number of benzene rings is 2. The Bertz CT molecular complexity index is 1340. The number of Topliss-reactive ketones (excluding diaryl/α,β-unsaturated/α-hetero) is 1. The second kappa shape index (κ2) is 11.2. The number of allylic oxidation sites excluding steroid dienone is 1. The fourth-order valence-electron chi connectivity index (χ4n) is 5.58. The molecular weight excluding hydrogens is 480 g/mol. The Labute approximate surface area is 223 Å². The number of rotatable bonds is 8. The Morgan fingerprint density at radius 3 is 2.58 bits per heavy atom. The monoisotopic (exact) mass is 514 g/mol. The standard InChI is InChI=1S/C31H34N2O5/c1-4-5-6-13-29(35)33-24-11-8-7-10-22(24)32-23-17-21(26-12-9-16-38-26)18-25(34)30(23)31(33)20-14-15-27(36-2)28(19-20)37-3/h7-12,14-16,19,21,31-32H,4-6,13,17-18H2,1-3H3/t21-,31-/m0/s1. The molecule has 1 amide bonds. The number of carbonyl (C=O) groups is 2. The van der Waals surface area contributed by atoms with Crippen molar-refractivity contribution < 1.29 is 23.5 Å². The third kappa shape index (κ3) is 4.80. The Morgan fingerprint density at radius 1 is 1.03 bits per heavy atom. The number of nitrogens with zero attached hydrogens (tertiary/aromatic N) is 1. The molecule has 1 N–H and O–H groups in total. The third-order valence-corrected chi connectivity index (χ3v) is 7.42. The molecule has 0 bridgehead atoms. The number of furan rings is 1. The van der Waals surface area contributed by atoms with Gasteiger partial charge in [0.05, 0.1) is 37.9 Å². The summed E-state index contributed by atoms with van der Waals surface area (Å²) in [6.45, 7) is 2.12. The van der Waals surface area contributed by atoms with Gasteiger partial charge in [-0.15, -0.1) is 0 Å². The maximum absolute atomic E-state index is 14.0. The lowest BCUT2D eigenvalue weighted by Crippen LogP contribution is -2.38. The zero-order chi connectivity index (χ0) is 26.6. The summed E-state index contributed by atoms with van der Waals surface area (Å²) in [5, 5.41) is 3.55. The van der Waals surface area contributed by atoms with Crippen LogP contribution in [0.1, 0.15) is 68.7 Å². The number of hydrogen-bond acceptors (Lipinski definition) is 6. The molecule has 0 unspecified atom stereocenters. The number of nitrogens with one attached hydrogen (secondary N) is 1. The fraction of sp³-hybridized carbons (Fsp3) is 0.355. The van der Waals surface area contributed by atoms with Gasteiger partial charge in [-0.25, -0.2) is 0 Å². The van der Waals surface area contributed by atoms with E-state index >= 15 is 0 Å². The minimum Gasteiger partial charge on any atom is -0.493 e. The molecule has 1 aliphatic heterocycles. The first-order valence-electron chi connectivity index (χ1n) is 13.2. The van der Waals surface area contributed by atoms with E-state index in [1.807, 2.05) is 59.5 Å². The summed E-state index contributed by atoms with van der Waals surface area (Å²) in [6, 6.07) is 16.6. The lowest BCUT2D eigenvalue weighted by molar-refractivity contribution is -0.119. The first kappa shape index (κ1) is 25.6. The number of ketones is 1. The van der Waals surface area contributed by atoms with Gasteiger partial charge in [0.15, 0.2) is 17.3 Å². The van der Waals surface area contributed by atoms with Gasteiger partial charge < -0.3 is 19.2 Å². The quantitative estimate of drug-likeness (QED) is 0.334. The molecule has 0 fully saturated rings. The largest absolute Gasteiger partial charge is 0.493 e. The molecule has 38 heavy (non-hydrogen) atoms. The van der Waals surface area contributed by atoms with Crippen LogP contribution in [0.5, 0.6) is 11.5 Å². The minimum atomic E-state index is -0.611. The van der Waals surface area contributed by atoms with Crippen LogP contribution in [0.3, 0.4) is 0 Å². The number of hydrogen-bond donors (Lipinski definition) is 1. The van der Waals surface area contributed by atoms with Gasteiger partial charge in [-0.1, -0.05) is 38.0 Å². The summed E-state index contributed by atoms with van der Waals surface area (Å²) >= 11 is 0. The fourth-order valence-corrected chi connectivity index (χ4v) is 5.58. The molecule has 2 heterocycles. The van der Waals surface area contributed by atoms with Gasteiger partial charge in [-0.3, -0.25) is 14.5 Å². The summed E-state index contributed by atoms with van der Waals surface area (Å²) in [7, 11) is 3.18. The number of methoxy groups -OCH3 is 2. The normalized spacial score (nSPS) is 18.8. The van der Waals surface area contributed by atoms with Crippen LogP contribution in [0.25, 0.3) is 0 Å². The number of anilines is 2. The zero-order valence-corrected chi connectivity index (χ0v) is 22.2. The molecule has 1 aliphatic carbocycles. The van der Waals surface area contributed by atoms with E-state index in [1.165, 1.54) is 0 Å². The third-order valence-electron chi connectivity index (χ3n) is 7.42. The van der Waals surface area contributed by atoms with Crippen molar-refractivity contribution in [1.29, 1.82) is 0 Å². The van der Waals surface area contributed by atoms with Crippen molar-refractivity contribution >= 4 is 23.1 Å². The van der Waals surface area contributed by atoms with Crippen LogP contribution < -0.4 is 19.7 Å². The van der Waals surface area contributed by atoms with Crippen molar-refractivity contribution in [3.8, 4) is 11.5 Å². The first-order chi connectivity index (χ1) is 18.5. The number of amides is 1. The highest BCUT2D eigenvalue weighted by molar-refractivity contribution is 6.06. The van der Waals surface area contributed by atoms with E-state index in [9.17, 15) is 9.59 Å². The summed E-state index contributed by atoms with van der Waals surface area (Å²) in [5.41, 5.74) is 3.78. The number of carbonyl (C=O) groups excluding carboxylic acids is 2. The van der Waals surface area contributed by atoms with E-state index in [0.717, 1.165) is 47.7 Å². The predicted molar refractivity (Wildman–Crippen MR) is 147 cm³/mol. The molecule has 5 rings (SSSR count). The highest BCUT2D eigenvalue weighted by Crippen LogP contribution is 2.48. The number of para-hydroxylation sites is 2. The van der Waals surface area contributed by atoms with Crippen molar-refractivity contribution in [3.63, 3.8) is 0 Å². The van der Waals surface area contributed by atoms with E-state index in [2.05, 4.69) is 12.2 Å². The van der Waals surface area contributed by atoms with E-state index in [1.54, 1.807) is 20.5 Å². The van der Waals surface area contributed by atoms with Crippen molar-refractivity contribution in [2.24, 2.45) is 0 Å². The molecule has 0 saturated carbocycles. The number of fused-ring (bicyclic) bond motifs is 1. The van der Waals surface area contributed by atoms with Crippen LogP contribution in [0.15, 0.2) is 76.5 Å². The summed E-state index contributed by atoms with van der Waals surface area (Å²) in [6.07, 6.45) is 5.74. The van der Waals surface area contributed by atoms with Gasteiger partial charge >= 0.3 is 0 Å². The molecule has 7 heteroatoms. The number of ether oxygens (including phenoxy) is 2. The molecule has 0 spiro atoms. The summed E-state index contributed by atoms with van der Waals surface area (Å²) < 4.78 is 16.8. The first-order valence-corrected chi connectivity index (χ1v) is 13.2. The molecule has 1 aromatic heterocycles. The van der Waals surface area contributed by atoms with Crippen molar-refractivity contribution in [2.75, 3.05) is 24.4 Å². The van der Waals surface area contributed by atoms with E-state index in [0.29, 0.717) is 36.3 Å². The molecule has 0 radical (unpaired) electrons. The number of unbranched alkanes of at least 4 members (excludes halogenated alkanes) is 2. The van der Waals surface area contributed by atoms with Gasteiger partial charge in [0.25, 0.3) is 0 Å². The Balaban J connectivity index is 1.70. The van der Waals surface area contributed by atoms with Crippen LogP contribution in [-0.4, -0.2) is 25.9 Å². The molecule has 7 nitrogen and oxygen atoms in total.